The van der Waals surface area contributed by atoms with E-state index >= 15 is 0 Å². The second-order valence-electron chi connectivity index (χ2n) is 3.15. The van der Waals surface area contributed by atoms with Gasteiger partial charge in [-0.05, 0) is 0 Å². The molecule has 0 amide bonds. The summed E-state index contributed by atoms with van der Waals surface area (Å²) in [6.45, 7) is 5.05. The van der Waals surface area contributed by atoms with Gasteiger partial charge in [0.05, 0.1) is 0 Å². The molecule has 0 rings (SSSR count). The maximum atomic E-state index is 8.86. The van der Waals surface area contributed by atoms with Crippen molar-refractivity contribution in [1.29, 1.82) is 0 Å². The van der Waals surface area contributed by atoms with Crippen molar-refractivity contribution in [3.63, 3.8) is 0 Å². The maximum absolute atomic E-state index is 8.86. The quantitative estimate of drug-likeness (QED) is 0.665. The molecule has 0 saturated heterocycles. The summed E-state index contributed by atoms with van der Waals surface area (Å²) < 4.78 is 0. The first kappa shape index (κ1) is 11.5. The first-order chi connectivity index (χ1) is 5.24. The monoisotopic (exact) mass is 224 g/mol. The zero-order valence-corrected chi connectivity index (χ0v) is 9.74. The third-order valence-electron chi connectivity index (χ3n) is 2.78. The predicted molar refractivity (Wildman–Crippen MR) is 51.9 cm³/mol. The van der Waals surface area contributed by atoms with Gasteiger partial charge in [0, 0.05) is 0 Å². The van der Waals surface area contributed by atoms with E-state index in [1.165, 1.54) is 10.4 Å². The molecule has 3 heteroatoms. The van der Waals surface area contributed by atoms with Crippen molar-refractivity contribution in [1.82, 2.24) is 0 Å². The molecule has 11 heavy (non-hydrogen) atoms. The average molecular weight is 224 g/mol. The van der Waals surface area contributed by atoms with Gasteiger partial charge in [0.25, 0.3) is 0 Å². The Morgan fingerprint density at radius 1 is 0.909 bits per heavy atom. The van der Waals surface area contributed by atoms with E-state index < -0.39 is 13.6 Å². The summed E-state index contributed by atoms with van der Waals surface area (Å²) >= 11 is -1.74. The molecule has 0 unspecified atom stereocenters. The van der Waals surface area contributed by atoms with Crippen molar-refractivity contribution in [3.05, 3.63) is 0 Å². The van der Waals surface area contributed by atoms with Gasteiger partial charge in [-0.1, -0.05) is 0 Å². The molecule has 0 aliphatic carbocycles. The van der Waals surface area contributed by atoms with Gasteiger partial charge in [-0.2, -0.15) is 0 Å². The third-order valence-corrected chi connectivity index (χ3v) is 14.5. The molecule has 0 fully saturated rings. The second-order valence-corrected chi connectivity index (χ2v) is 14.5. The molecule has 0 spiro atoms. The zero-order valence-electron chi connectivity index (χ0n) is 7.64. The Morgan fingerprint density at radius 3 is 1.45 bits per heavy atom. The second kappa shape index (κ2) is 6.05. The van der Waals surface area contributed by atoms with Gasteiger partial charge >= 0.3 is 71.7 Å². The molecule has 0 saturated carbocycles. The Morgan fingerprint density at radius 2 is 1.27 bits per heavy atom. The van der Waals surface area contributed by atoms with E-state index in [1.807, 2.05) is 0 Å². The number of hydrogen-bond acceptors (Lipinski definition) is 2. The number of aliphatic hydroxyl groups excluding tert-OH is 2. The summed E-state index contributed by atoms with van der Waals surface area (Å²) in [5, 5.41) is 22.2. The van der Waals surface area contributed by atoms with Crippen LogP contribution in [0.5, 0.6) is 0 Å². The van der Waals surface area contributed by atoms with Crippen LogP contribution >= 0.6 is 0 Å². The molecular formula is C8H21AsO2. The van der Waals surface area contributed by atoms with Crippen LogP contribution in [-0.2, 0) is 0 Å². The van der Waals surface area contributed by atoms with Crippen molar-refractivity contribution in [2.75, 3.05) is 13.2 Å². The van der Waals surface area contributed by atoms with Gasteiger partial charge in [-0.3, -0.25) is 0 Å². The third kappa shape index (κ3) is 3.59. The predicted octanol–water partition coefficient (Wildman–Crippen LogP) is 1.19. The molecular weight excluding hydrogens is 203 g/mol. The van der Waals surface area contributed by atoms with E-state index in [0.717, 1.165) is 10.4 Å². The fraction of sp³-hybridized carbons (Fsp3) is 1.00. The summed E-state index contributed by atoms with van der Waals surface area (Å²) in [5.74, 6) is 0. The molecule has 2 nitrogen and oxygen atoms in total. The summed E-state index contributed by atoms with van der Waals surface area (Å²) in [7, 11) is 0. The number of hydrogen-bond donors (Lipinski definition) is 2. The summed E-state index contributed by atoms with van der Waals surface area (Å²) in [6, 6.07) is 0. The van der Waals surface area contributed by atoms with E-state index in [0.29, 0.717) is 13.2 Å². The summed E-state index contributed by atoms with van der Waals surface area (Å²) in [4.78, 5) is 0. The molecule has 0 aromatic carbocycles. The summed E-state index contributed by atoms with van der Waals surface area (Å²) in [6.07, 6.45) is 0. The minimum absolute atomic E-state index is 0.321. The molecule has 0 aromatic heterocycles. The van der Waals surface area contributed by atoms with Gasteiger partial charge in [0.2, 0.25) is 0 Å². The zero-order chi connectivity index (χ0) is 8.74. The first-order valence-electron chi connectivity index (χ1n) is 4.46. The van der Waals surface area contributed by atoms with E-state index in [9.17, 15) is 0 Å². The van der Waals surface area contributed by atoms with Crippen molar-refractivity contribution < 1.29 is 10.2 Å². The van der Waals surface area contributed by atoms with Crippen molar-refractivity contribution in [3.8, 4) is 0 Å². The van der Waals surface area contributed by atoms with Crippen LogP contribution in [-0.4, -0.2) is 37.0 Å². The van der Waals surface area contributed by atoms with Crippen LogP contribution in [0.25, 0.3) is 0 Å². The Kier molecular flexibility index (Phi) is 6.31. The van der Waals surface area contributed by atoms with Gasteiger partial charge in [-0.25, -0.2) is 0 Å². The number of rotatable bonds is 6. The fourth-order valence-electron chi connectivity index (χ4n) is 1.56. The molecule has 70 valence electrons. The van der Waals surface area contributed by atoms with E-state index in [4.69, 9.17) is 10.2 Å². The van der Waals surface area contributed by atoms with Crippen LogP contribution in [0.15, 0.2) is 0 Å². The Bertz CT molecular complexity index is 84.1. The first-order valence-corrected chi connectivity index (χ1v) is 10.4. The summed E-state index contributed by atoms with van der Waals surface area (Å²) in [5.41, 5.74) is 0. The number of aliphatic hydroxyl groups is 2. The fourth-order valence-corrected chi connectivity index (χ4v) is 8.09. The van der Waals surface area contributed by atoms with Crippen LogP contribution in [0.2, 0.25) is 20.8 Å². The normalized spacial score (nSPS) is 13.5. The van der Waals surface area contributed by atoms with Crippen molar-refractivity contribution in [2.24, 2.45) is 0 Å². The van der Waals surface area contributed by atoms with E-state index in [2.05, 4.69) is 13.8 Å². The van der Waals surface area contributed by atoms with Crippen LogP contribution in [0.1, 0.15) is 13.8 Å². The molecule has 0 radical (unpaired) electrons. The van der Waals surface area contributed by atoms with Crippen LogP contribution < -0.4 is 0 Å². The molecule has 0 atom stereocenters. The van der Waals surface area contributed by atoms with Crippen molar-refractivity contribution in [2.45, 2.75) is 34.7 Å². The average Bonchev–Trinajstić information content (AvgIpc) is 2.04. The molecule has 0 heterocycles. The van der Waals surface area contributed by atoms with Crippen molar-refractivity contribution >= 4 is 13.6 Å². The van der Waals surface area contributed by atoms with Crippen LogP contribution in [0.3, 0.4) is 0 Å². The van der Waals surface area contributed by atoms with Gasteiger partial charge in [0.15, 0.2) is 0 Å². The molecule has 0 bridgehead atoms. The van der Waals surface area contributed by atoms with Gasteiger partial charge in [0.1, 0.15) is 0 Å². The van der Waals surface area contributed by atoms with Crippen LogP contribution in [0.4, 0.5) is 0 Å². The standard InChI is InChI=1S/C8H21AsO2/c1-3-9(4-2,5-7-10)6-8-11/h9-11H,3-8H2,1-2H3. The van der Waals surface area contributed by atoms with E-state index in [1.54, 1.807) is 0 Å². The van der Waals surface area contributed by atoms with Gasteiger partial charge < -0.3 is 0 Å². The Balaban J connectivity index is 3.96. The molecule has 0 aliphatic rings. The SMILES string of the molecule is CC[AsH](CC)(CCO)CCO. The van der Waals surface area contributed by atoms with Gasteiger partial charge in [-0.15, -0.1) is 0 Å². The Hall–Kier alpha value is 0.478. The topological polar surface area (TPSA) is 40.5 Å². The van der Waals surface area contributed by atoms with E-state index in [-0.39, 0.29) is 0 Å². The minimum atomic E-state index is -1.74. The molecule has 2 N–H and O–H groups in total. The molecule has 0 aromatic rings. The molecule has 0 aliphatic heterocycles. The van der Waals surface area contributed by atoms with Crippen LogP contribution in [0, 0.1) is 0 Å². The Labute approximate surface area is 72.1 Å².